The Balaban J connectivity index is 1.58. The average molecular weight is 358 g/mol. The van der Waals surface area contributed by atoms with Crippen LogP contribution in [0.2, 0.25) is 5.02 Å². The van der Waals surface area contributed by atoms with Crippen molar-refractivity contribution >= 4 is 23.5 Å². The smallest absolute Gasteiger partial charge is 0.311 e. The Morgan fingerprint density at radius 1 is 1.20 bits per heavy atom. The zero-order valence-electron chi connectivity index (χ0n) is 14.0. The molecule has 0 aromatic heterocycles. The fraction of sp³-hybridized carbons (Fsp3) is 0.300. The van der Waals surface area contributed by atoms with Crippen molar-refractivity contribution in [3.05, 3.63) is 70.7 Å². The van der Waals surface area contributed by atoms with E-state index < -0.39 is 5.92 Å². The van der Waals surface area contributed by atoms with E-state index in [1.807, 2.05) is 49.4 Å². The molecule has 5 heteroatoms. The van der Waals surface area contributed by atoms with E-state index in [2.05, 4.69) is 0 Å². The van der Waals surface area contributed by atoms with E-state index in [0.29, 0.717) is 11.6 Å². The van der Waals surface area contributed by atoms with Gasteiger partial charge in [0.25, 0.3) is 0 Å². The predicted molar refractivity (Wildman–Crippen MR) is 95.9 cm³/mol. The van der Waals surface area contributed by atoms with Gasteiger partial charge in [-0.2, -0.15) is 0 Å². The third-order valence-corrected chi connectivity index (χ3v) is 4.79. The normalized spacial score (nSPS) is 18.2. The summed E-state index contributed by atoms with van der Waals surface area (Å²) < 4.78 is 5.37. The molecule has 130 valence electrons. The molecule has 0 aliphatic carbocycles. The van der Waals surface area contributed by atoms with Crippen molar-refractivity contribution in [2.45, 2.75) is 26.0 Å². The van der Waals surface area contributed by atoms with E-state index in [9.17, 15) is 9.59 Å². The van der Waals surface area contributed by atoms with Gasteiger partial charge in [0.2, 0.25) is 5.91 Å². The lowest BCUT2D eigenvalue weighted by atomic mass is 10.1. The van der Waals surface area contributed by atoms with Crippen LogP contribution in [0.15, 0.2) is 54.6 Å². The molecule has 1 heterocycles. The Labute approximate surface area is 152 Å². The highest BCUT2D eigenvalue weighted by atomic mass is 35.5. The number of likely N-dealkylation sites (tertiary alicyclic amines) is 1. The molecule has 0 spiro atoms. The number of carbonyl (C=O) groups excluding carboxylic acids is 2. The minimum Gasteiger partial charge on any atom is -0.461 e. The maximum atomic E-state index is 12.3. The number of benzene rings is 2. The zero-order chi connectivity index (χ0) is 17.8. The van der Waals surface area contributed by atoms with E-state index >= 15 is 0 Å². The van der Waals surface area contributed by atoms with Gasteiger partial charge in [-0.05, 0) is 30.2 Å². The van der Waals surface area contributed by atoms with Crippen LogP contribution in [0.25, 0.3) is 0 Å². The quantitative estimate of drug-likeness (QED) is 0.760. The van der Waals surface area contributed by atoms with Gasteiger partial charge in [-0.3, -0.25) is 9.59 Å². The first-order valence-corrected chi connectivity index (χ1v) is 8.68. The van der Waals surface area contributed by atoms with Crippen LogP contribution in [-0.4, -0.2) is 23.3 Å². The lowest BCUT2D eigenvalue weighted by Crippen LogP contribution is -2.29. The fourth-order valence-corrected chi connectivity index (χ4v) is 3.15. The molecule has 2 aromatic carbocycles. The van der Waals surface area contributed by atoms with E-state index in [-0.39, 0.29) is 30.9 Å². The molecule has 2 aromatic rings. The average Bonchev–Trinajstić information content (AvgIpc) is 3.03. The summed E-state index contributed by atoms with van der Waals surface area (Å²) in [6, 6.07) is 16.9. The molecule has 0 radical (unpaired) electrons. The third-order valence-electron chi connectivity index (χ3n) is 4.54. The molecule has 0 N–H and O–H groups in total. The lowest BCUT2D eigenvalue weighted by molar-refractivity contribution is -0.149. The van der Waals surface area contributed by atoms with Crippen molar-refractivity contribution in [3.8, 4) is 0 Å². The first-order valence-electron chi connectivity index (χ1n) is 8.30. The first-order chi connectivity index (χ1) is 12.0. The van der Waals surface area contributed by atoms with Gasteiger partial charge in [-0.25, -0.2) is 0 Å². The zero-order valence-corrected chi connectivity index (χ0v) is 14.8. The number of rotatable bonds is 5. The molecule has 1 aliphatic rings. The second kappa shape index (κ2) is 7.70. The van der Waals surface area contributed by atoms with Crippen LogP contribution in [0.5, 0.6) is 0 Å². The van der Waals surface area contributed by atoms with Crippen LogP contribution >= 0.6 is 11.6 Å². The Kier molecular flexibility index (Phi) is 5.39. The van der Waals surface area contributed by atoms with Gasteiger partial charge in [0.1, 0.15) is 6.61 Å². The highest BCUT2D eigenvalue weighted by Crippen LogP contribution is 2.29. The molecule has 1 amide bonds. The summed E-state index contributed by atoms with van der Waals surface area (Å²) in [6.45, 7) is 2.57. The fourth-order valence-electron chi connectivity index (χ4n) is 3.03. The van der Waals surface area contributed by atoms with Gasteiger partial charge >= 0.3 is 5.97 Å². The predicted octanol–water partition coefficient (Wildman–Crippen LogP) is 3.99. The molecule has 0 bridgehead atoms. The van der Waals surface area contributed by atoms with E-state index in [0.717, 1.165) is 11.1 Å². The van der Waals surface area contributed by atoms with Gasteiger partial charge in [0.05, 0.1) is 12.0 Å². The number of carbonyl (C=O) groups is 2. The molecule has 25 heavy (non-hydrogen) atoms. The highest BCUT2D eigenvalue weighted by molar-refractivity contribution is 6.30. The van der Waals surface area contributed by atoms with Crippen molar-refractivity contribution in [3.63, 3.8) is 0 Å². The Morgan fingerprint density at radius 2 is 1.88 bits per heavy atom. The molecule has 0 saturated carbocycles. The third kappa shape index (κ3) is 4.20. The maximum absolute atomic E-state index is 12.3. The number of amides is 1. The van der Waals surface area contributed by atoms with Crippen molar-refractivity contribution in [2.75, 3.05) is 6.54 Å². The monoisotopic (exact) mass is 357 g/mol. The van der Waals surface area contributed by atoms with E-state index in [4.69, 9.17) is 16.3 Å². The van der Waals surface area contributed by atoms with Crippen LogP contribution < -0.4 is 0 Å². The Morgan fingerprint density at radius 3 is 2.56 bits per heavy atom. The van der Waals surface area contributed by atoms with Gasteiger partial charge in [0, 0.05) is 18.0 Å². The Hall–Kier alpha value is -2.33. The van der Waals surface area contributed by atoms with Crippen molar-refractivity contribution in [2.24, 2.45) is 5.92 Å². The number of ether oxygens (including phenoxy) is 1. The number of esters is 1. The first kappa shape index (κ1) is 17.5. The van der Waals surface area contributed by atoms with Gasteiger partial charge < -0.3 is 9.64 Å². The van der Waals surface area contributed by atoms with Crippen LogP contribution in [0.1, 0.15) is 30.5 Å². The van der Waals surface area contributed by atoms with Crippen LogP contribution in [0.3, 0.4) is 0 Å². The summed E-state index contributed by atoms with van der Waals surface area (Å²) >= 11 is 5.84. The maximum Gasteiger partial charge on any atom is 0.311 e. The summed E-state index contributed by atoms with van der Waals surface area (Å²) in [5.74, 6) is -0.748. The van der Waals surface area contributed by atoms with Gasteiger partial charge in [0.15, 0.2) is 0 Å². The summed E-state index contributed by atoms with van der Waals surface area (Å²) in [5, 5.41) is 0.641. The van der Waals surface area contributed by atoms with E-state index in [1.54, 1.807) is 17.0 Å². The summed E-state index contributed by atoms with van der Waals surface area (Å²) in [7, 11) is 0. The number of halogens is 1. The van der Waals surface area contributed by atoms with Crippen LogP contribution in [0, 0.1) is 5.92 Å². The topological polar surface area (TPSA) is 46.6 Å². The second-order valence-electron chi connectivity index (χ2n) is 6.27. The lowest BCUT2D eigenvalue weighted by Gasteiger charge is -2.25. The molecule has 1 saturated heterocycles. The minimum absolute atomic E-state index is 0.00945. The van der Waals surface area contributed by atoms with Crippen molar-refractivity contribution in [1.82, 2.24) is 4.90 Å². The molecule has 4 nitrogen and oxygen atoms in total. The standard InChI is InChI=1S/C20H20ClNO3/c1-14(16-5-3-2-4-6-16)22-12-17(11-19(22)23)20(24)25-13-15-7-9-18(21)10-8-15/h2-10,14,17H,11-13H2,1H3/t14-,17+/m1/s1. The second-order valence-corrected chi connectivity index (χ2v) is 6.70. The van der Waals surface area contributed by atoms with Gasteiger partial charge in [-0.15, -0.1) is 0 Å². The number of hydrogen-bond acceptors (Lipinski definition) is 3. The molecule has 3 rings (SSSR count). The van der Waals surface area contributed by atoms with Crippen molar-refractivity contribution in [1.29, 1.82) is 0 Å². The van der Waals surface area contributed by atoms with Crippen molar-refractivity contribution < 1.29 is 14.3 Å². The number of nitrogens with zero attached hydrogens (tertiary/aromatic N) is 1. The molecule has 1 fully saturated rings. The van der Waals surface area contributed by atoms with Gasteiger partial charge in [-0.1, -0.05) is 54.1 Å². The largest absolute Gasteiger partial charge is 0.461 e. The van der Waals surface area contributed by atoms with Crippen LogP contribution in [0.4, 0.5) is 0 Å². The molecular formula is C20H20ClNO3. The number of hydrogen-bond donors (Lipinski definition) is 0. The summed E-state index contributed by atoms with van der Waals surface area (Å²) in [4.78, 5) is 26.4. The SMILES string of the molecule is C[C@H](c1ccccc1)N1C[C@@H](C(=O)OCc2ccc(Cl)cc2)CC1=O. The van der Waals surface area contributed by atoms with Crippen LogP contribution in [-0.2, 0) is 20.9 Å². The molecule has 2 atom stereocenters. The highest BCUT2D eigenvalue weighted by Gasteiger charge is 2.37. The molecular weight excluding hydrogens is 338 g/mol. The molecule has 0 unspecified atom stereocenters. The Bertz CT molecular complexity index is 745. The minimum atomic E-state index is -0.411. The summed E-state index contributed by atoms with van der Waals surface area (Å²) in [5.41, 5.74) is 1.93. The molecule has 1 aliphatic heterocycles. The summed E-state index contributed by atoms with van der Waals surface area (Å²) in [6.07, 6.45) is 0.205. The van der Waals surface area contributed by atoms with E-state index in [1.165, 1.54) is 0 Å².